The standard InChI is InChI=1S/C19H16N4O2/c1-11-5-6-14(12(2)10-11)21-19-22-17-16(18(24)23-19)13(7-8-20-17)15-4-3-9-25-15/h3-10H,1-2H3,(H2,20,21,22,23,24). The monoisotopic (exact) mass is 332 g/mol. The van der Waals surface area contributed by atoms with Crippen LogP contribution >= 0.6 is 0 Å². The van der Waals surface area contributed by atoms with E-state index in [1.165, 1.54) is 5.56 Å². The number of rotatable bonds is 3. The fraction of sp³-hybridized carbons (Fsp3) is 0.105. The summed E-state index contributed by atoms with van der Waals surface area (Å²) < 4.78 is 5.41. The SMILES string of the molecule is Cc1ccc(Nc2nc3nccc(-c4ccco4)c3c(=O)[nH]2)c(C)c1. The lowest BCUT2D eigenvalue weighted by molar-refractivity contribution is 0.583. The topological polar surface area (TPSA) is 83.8 Å². The van der Waals surface area contributed by atoms with Gasteiger partial charge in [0.25, 0.3) is 5.56 Å². The number of hydrogen-bond donors (Lipinski definition) is 2. The lowest BCUT2D eigenvalue weighted by Crippen LogP contribution is -2.13. The second-order valence-corrected chi connectivity index (χ2v) is 5.89. The van der Waals surface area contributed by atoms with Crippen molar-refractivity contribution in [3.05, 3.63) is 70.3 Å². The second-order valence-electron chi connectivity index (χ2n) is 5.89. The van der Waals surface area contributed by atoms with Crippen molar-refractivity contribution in [3.8, 4) is 11.3 Å². The van der Waals surface area contributed by atoms with Crippen LogP contribution in [0.3, 0.4) is 0 Å². The van der Waals surface area contributed by atoms with E-state index in [9.17, 15) is 4.79 Å². The molecule has 6 heteroatoms. The van der Waals surface area contributed by atoms with Crippen LogP contribution in [0.15, 0.2) is 58.1 Å². The molecule has 4 rings (SSSR count). The Bertz CT molecular complexity index is 1110. The van der Waals surface area contributed by atoms with Gasteiger partial charge in [-0.05, 0) is 43.7 Å². The van der Waals surface area contributed by atoms with Crippen LogP contribution in [-0.4, -0.2) is 15.0 Å². The van der Waals surface area contributed by atoms with Gasteiger partial charge in [0.05, 0.1) is 11.6 Å². The van der Waals surface area contributed by atoms with Gasteiger partial charge in [-0.2, -0.15) is 4.98 Å². The minimum absolute atomic E-state index is 0.267. The number of furan rings is 1. The van der Waals surface area contributed by atoms with E-state index in [2.05, 4.69) is 26.3 Å². The molecule has 6 nitrogen and oxygen atoms in total. The molecule has 0 saturated heterocycles. The van der Waals surface area contributed by atoms with E-state index in [0.29, 0.717) is 28.3 Å². The third-order valence-corrected chi connectivity index (χ3v) is 4.03. The molecular formula is C19H16N4O2. The summed E-state index contributed by atoms with van der Waals surface area (Å²) in [5.41, 5.74) is 3.89. The Kier molecular flexibility index (Phi) is 3.57. The molecule has 25 heavy (non-hydrogen) atoms. The van der Waals surface area contributed by atoms with Gasteiger partial charge in [-0.25, -0.2) is 4.98 Å². The molecule has 3 heterocycles. The van der Waals surface area contributed by atoms with Gasteiger partial charge in [-0.15, -0.1) is 0 Å². The Labute approximate surface area is 143 Å². The first-order chi connectivity index (χ1) is 12.1. The van der Waals surface area contributed by atoms with E-state index in [0.717, 1.165) is 11.3 Å². The van der Waals surface area contributed by atoms with Gasteiger partial charge in [-0.3, -0.25) is 9.78 Å². The molecule has 0 aliphatic heterocycles. The van der Waals surface area contributed by atoms with E-state index in [1.54, 1.807) is 30.7 Å². The number of nitrogens with one attached hydrogen (secondary N) is 2. The maximum atomic E-state index is 12.6. The predicted octanol–water partition coefficient (Wildman–Crippen LogP) is 3.94. The van der Waals surface area contributed by atoms with Crippen molar-refractivity contribution in [3.63, 3.8) is 0 Å². The number of nitrogens with zero attached hydrogens (tertiary/aromatic N) is 2. The molecule has 0 spiro atoms. The molecule has 0 amide bonds. The molecule has 0 bridgehead atoms. The number of benzene rings is 1. The number of hydrogen-bond acceptors (Lipinski definition) is 5. The molecular weight excluding hydrogens is 316 g/mol. The van der Waals surface area contributed by atoms with Gasteiger partial charge in [0.15, 0.2) is 5.65 Å². The molecule has 4 aromatic rings. The lowest BCUT2D eigenvalue weighted by Gasteiger charge is -2.10. The third kappa shape index (κ3) is 2.78. The average Bonchev–Trinajstić information content (AvgIpc) is 3.11. The molecule has 0 saturated carbocycles. The molecule has 0 aliphatic rings. The Hall–Kier alpha value is -3.41. The highest BCUT2D eigenvalue weighted by molar-refractivity contribution is 5.90. The Balaban J connectivity index is 1.82. The predicted molar refractivity (Wildman–Crippen MR) is 97.1 cm³/mol. The molecule has 0 unspecified atom stereocenters. The van der Waals surface area contributed by atoms with E-state index in [-0.39, 0.29) is 5.56 Å². The summed E-state index contributed by atoms with van der Waals surface area (Å²) in [6.07, 6.45) is 3.19. The number of pyridine rings is 1. The fourth-order valence-corrected chi connectivity index (χ4v) is 2.84. The van der Waals surface area contributed by atoms with Crippen molar-refractivity contribution < 1.29 is 4.42 Å². The maximum Gasteiger partial charge on any atom is 0.262 e. The normalized spacial score (nSPS) is 11.0. The minimum Gasteiger partial charge on any atom is -0.464 e. The molecule has 0 radical (unpaired) electrons. The molecule has 0 aliphatic carbocycles. The molecule has 0 atom stereocenters. The first kappa shape index (κ1) is 15.1. The maximum absolute atomic E-state index is 12.6. The molecule has 3 aromatic heterocycles. The summed E-state index contributed by atoms with van der Waals surface area (Å²) in [7, 11) is 0. The number of aromatic amines is 1. The zero-order chi connectivity index (χ0) is 17.4. The van der Waals surface area contributed by atoms with Crippen LogP contribution in [0.1, 0.15) is 11.1 Å². The summed E-state index contributed by atoms with van der Waals surface area (Å²) in [5.74, 6) is 0.961. The van der Waals surface area contributed by atoms with Crippen molar-refractivity contribution in [2.75, 3.05) is 5.32 Å². The second kappa shape index (κ2) is 5.90. The van der Waals surface area contributed by atoms with Crippen molar-refractivity contribution in [1.82, 2.24) is 15.0 Å². The van der Waals surface area contributed by atoms with Gasteiger partial charge in [-0.1, -0.05) is 17.7 Å². The minimum atomic E-state index is -0.267. The zero-order valence-corrected chi connectivity index (χ0v) is 13.8. The van der Waals surface area contributed by atoms with E-state index >= 15 is 0 Å². The largest absolute Gasteiger partial charge is 0.464 e. The highest BCUT2D eigenvalue weighted by Gasteiger charge is 2.13. The van der Waals surface area contributed by atoms with Crippen molar-refractivity contribution >= 4 is 22.7 Å². The quantitative estimate of drug-likeness (QED) is 0.594. The number of aromatic nitrogens is 3. The number of aryl methyl sites for hydroxylation is 2. The lowest BCUT2D eigenvalue weighted by atomic mass is 10.1. The van der Waals surface area contributed by atoms with Crippen LogP contribution in [0.25, 0.3) is 22.4 Å². The van der Waals surface area contributed by atoms with Crippen molar-refractivity contribution in [2.45, 2.75) is 13.8 Å². The Morgan fingerprint density at radius 3 is 2.80 bits per heavy atom. The van der Waals surface area contributed by atoms with Gasteiger partial charge in [0.2, 0.25) is 5.95 Å². The smallest absolute Gasteiger partial charge is 0.262 e. The third-order valence-electron chi connectivity index (χ3n) is 4.03. The highest BCUT2D eigenvalue weighted by Crippen LogP contribution is 2.25. The fourth-order valence-electron chi connectivity index (χ4n) is 2.84. The first-order valence-electron chi connectivity index (χ1n) is 7.89. The van der Waals surface area contributed by atoms with Crippen LogP contribution < -0.4 is 10.9 Å². The van der Waals surface area contributed by atoms with Gasteiger partial charge in [0, 0.05) is 17.4 Å². The number of anilines is 2. The van der Waals surface area contributed by atoms with Gasteiger partial charge < -0.3 is 9.73 Å². The molecule has 0 fully saturated rings. The Morgan fingerprint density at radius 1 is 1.16 bits per heavy atom. The number of fused-ring (bicyclic) bond motifs is 1. The first-order valence-corrected chi connectivity index (χ1v) is 7.89. The average molecular weight is 332 g/mol. The van der Waals surface area contributed by atoms with E-state index in [4.69, 9.17) is 4.42 Å². The van der Waals surface area contributed by atoms with Crippen LogP contribution in [-0.2, 0) is 0 Å². The van der Waals surface area contributed by atoms with Crippen molar-refractivity contribution in [2.24, 2.45) is 0 Å². The highest BCUT2D eigenvalue weighted by atomic mass is 16.3. The van der Waals surface area contributed by atoms with Gasteiger partial charge >= 0.3 is 0 Å². The molecule has 124 valence electrons. The van der Waals surface area contributed by atoms with E-state index in [1.807, 2.05) is 26.0 Å². The summed E-state index contributed by atoms with van der Waals surface area (Å²) in [5, 5.41) is 3.56. The summed E-state index contributed by atoms with van der Waals surface area (Å²) in [4.78, 5) is 24.1. The van der Waals surface area contributed by atoms with Gasteiger partial charge in [0.1, 0.15) is 5.76 Å². The Morgan fingerprint density at radius 2 is 2.04 bits per heavy atom. The van der Waals surface area contributed by atoms with E-state index < -0.39 is 0 Å². The van der Waals surface area contributed by atoms with Crippen LogP contribution in [0.2, 0.25) is 0 Å². The number of H-pyrrole nitrogens is 1. The molecule has 1 aromatic carbocycles. The summed E-state index contributed by atoms with van der Waals surface area (Å²) >= 11 is 0. The van der Waals surface area contributed by atoms with Crippen molar-refractivity contribution in [1.29, 1.82) is 0 Å². The van der Waals surface area contributed by atoms with Crippen LogP contribution in [0, 0.1) is 13.8 Å². The summed E-state index contributed by atoms with van der Waals surface area (Å²) in [6.45, 7) is 4.04. The van der Waals surface area contributed by atoms with Crippen LogP contribution in [0.5, 0.6) is 0 Å². The van der Waals surface area contributed by atoms with Crippen LogP contribution in [0.4, 0.5) is 11.6 Å². The molecule has 2 N–H and O–H groups in total. The summed E-state index contributed by atoms with van der Waals surface area (Å²) in [6, 6.07) is 11.3. The zero-order valence-electron chi connectivity index (χ0n) is 13.8.